The minimum absolute atomic E-state index is 0.127. The van der Waals surface area contributed by atoms with Crippen LogP contribution in [0.25, 0.3) is 21.3 Å². The van der Waals surface area contributed by atoms with Crippen molar-refractivity contribution in [3.63, 3.8) is 0 Å². The zero-order valence-corrected chi connectivity index (χ0v) is 14.3. The Hall–Kier alpha value is -3.06. The van der Waals surface area contributed by atoms with E-state index in [4.69, 9.17) is 0 Å². The molecule has 0 spiro atoms. The van der Waals surface area contributed by atoms with E-state index in [9.17, 15) is 4.79 Å². The van der Waals surface area contributed by atoms with Crippen LogP contribution in [0.4, 0.5) is 5.82 Å². The molecule has 7 heteroatoms. The van der Waals surface area contributed by atoms with Crippen LogP contribution in [0.3, 0.4) is 0 Å². The van der Waals surface area contributed by atoms with Crippen molar-refractivity contribution in [2.75, 3.05) is 5.32 Å². The Morgan fingerprint density at radius 1 is 1.24 bits per heavy atom. The van der Waals surface area contributed by atoms with Crippen molar-refractivity contribution < 1.29 is 4.79 Å². The van der Waals surface area contributed by atoms with Crippen LogP contribution in [-0.4, -0.2) is 25.7 Å². The summed E-state index contributed by atoms with van der Waals surface area (Å²) >= 11 is 1.54. The summed E-state index contributed by atoms with van der Waals surface area (Å²) in [5, 5.41) is 9.92. The van der Waals surface area contributed by atoms with Crippen LogP contribution in [-0.2, 0) is 18.3 Å². The molecular formula is C18H15N5OS. The first-order chi connectivity index (χ1) is 12.2. The van der Waals surface area contributed by atoms with E-state index < -0.39 is 0 Å². The number of amides is 1. The van der Waals surface area contributed by atoms with Gasteiger partial charge in [0, 0.05) is 24.2 Å². The third-order valence-electron chi connectivity index (χ3n) is 3.84. The van der Waals surface area contributed by atoms with Crippen molar-refractivity contribution in [2.45, 2.75) is 6.42 Å². The molecule has 0 aliphatic rings. The average molecular weight is 349 g/mol. The fraction of sp³-hybridized carbons (Fsp3) is 0.111. The number of aromatic nitrogens is 4. The molecule has 6 nitrogen and oxygen atoms in total. The van der Waals surface area contributed by atoms with Crippen LogP contribution in [0.15, 0.2) is 54.4 Å². The Morgan fingerprint density at radius 2 is 2.08 bits per heavy atom. The number of hydrogen-bond donors (Lipinski definition) is 1. The van der Waals surface area contributed by atoms with Gasteiger partial charge in [-0.3, -0.25) is 9.48 Å². The lowest BCUT2D eigenvalue weighted by Gasteiger charge is -2.07. The topological polar surface area (TPSA) is 72.7 Å². The molecule has 0 aliphatic carbocycles. The van der Waals surface area contributed by atoms with E-state index in [0.29, 0.717) is 5.82 Å². The third-order valence-corrected chi connectivity index (χ3v) is 4.72. The largest absolute Gasteiger partial charge is 0.310 e. The van der Waals surface area contributed by atoms with Gasteiger partial charge >= 0.3 is 0 Å². The van der Waals surface area contributed by atoms with Gasteiger partial charge in [0.05, 0.1) is 18.0 Å². The van der Waals surface area contributed by atoms with Crippen LogP contribution in [0.1, 0.15) is 5.56 Å². The normalized spacial score (nSPS) is 10.9. The van der Waals surface area contributed by atoms with Crippen LogP contribution < -0.4 is 5.32 Å². The van der Waals surface area contributed by atoms with Crippen LogP contribution in [0.2, 0.25) is 0 Å². The summed E-state index contributed by atoms with van der Waals surface area (Å²) in [6.07, 6.45) is 5.25. The molecule has 0 unspecified atom stereocenters. The van der Waals surface area contributed by atoms with Gasteiger partial charge < -0.3 is 5.32 Å². The van der Waals surface area contributed by atoms with Crippen molar-refractivity contribution in [1.82, 2.24) is 19.7 Å². The number of rotatable bonds is 4. The molecule has 3 heterocycles. The summed E-state index contributed by atoms with van der Waals surface area (Å²) in [6.45, 7) is 0. The van der Waals surface area contributed by atoms with E-state index >= 15 is 0 Å². The van der Waals surface area contributed by atoms with E-state index in [1.807, 2.05) is 49.0 Å². The summed E-state index contributed by atoms with van der Waals surface area (Å²) in [5.41, 5.74) is 2.96. The number of nitrogens with one attached hydrogen (secondary N) is 1. The summed E-state index contributed by atoms with van der Waals surface area (Å²) in [7, 11) is 1.83. The van der Waals surface area contributed by atoms with E-state index in [1.165, 1.54) is 6.33 Å². The number of fused-ring (bicyclic) bond motifs is 1. The van der Waals surface area contributed by atoms with Crippen molar-refractivity contribution >= 4 is 33.3 Å². The summed E-state index contributed by atoms with van der Waals surface area (Å²) in [4.78, 5) is 21.9. The minimum atomic E-state index is -0.127. The van der Waals surface area contributed by atoms with Crippen molar-refractivity contribution in [1.29, 1.82) is 0 Å². The SMILES string of the molecule is Cn1cc(CC(=O)Nc2ncnc3scc(-c4ccccc4)c23)cn1. The Kier molecular flexibility index (Phi) is 3.99. The number of aryl methyl sites for hydroxylation is 1. The second kappa shape index (κ2) is 6.45. The zero-order chi connectivity index (χ0) is 17.2. The molecule has 3 aromatic heterocycles. The van der Waals surface area contributed by atoms with Gasteiger partial charge in [-0.15, -0.1) is 11.3 Å². The monoisotopic (exact) mass is 349 g/mol. The van der Waals surface area contributed by atoms with Gasteiger partial charge in [-0.05, 0) is 11.1 Å². The van der Waals surface area contributed by atoms with Gasteiger partial charge in [-0.1, -0.05) is 30.3 Å². The maximum absolute atomic E-state index is 12.4. The van der Waals surface area contributed by atoms with Crippen LogP contribution in [0, 0.1) is 0 Å². The maximum Gasteiger partial charge on any atom is 0.230 e. The molecular weight excluding hydrogens is 334 g/mol. The summed E-state index contributed by atoms with van der Waals surface area (Å²) in [6, 6.07) is 10.0. The van der Waals surface area contributed by atoms with Crippen molar-refractivity contribution in [3.05, 3.63) is 60.0 Å². The number of carbonyl (C=O) groups is 1. The highest BCUT2D eigenvalue weighted by atomic mass is 32.1. The smallest absolute Gasteiger partial charge is 0.230 e. The van der Waals surface area contributed by atoms with Gasteiger partial charge in [0.2, 0.25) is 5.91 Å². The fourth-order valence-corrected chi connectivity index (χ4v) is 3.64. The van der Waals surface area contributed by atoms with Crippen molar-refractivity contribution in [2.24, 2.45) is 7.05 Å². The average Bonchev–Trinajstić information content (AvgIpc) is 3.22. The molecule has 1 aromatic carbocycles. The standard InChI is InChI=1S/C18H15N5OS/c1-23-9-12(8-21-23)7-15(24)22-17-16-14(13-5-3-2-4-6-13)10-25-18(16)20-11-19-17/h2-6,8-11H,7H2,1H3,(H,19,20,22,24). The summed E-state index contributed by atoms with van der Waals surface area (Å²) in [5.74, 6) is 0.414. The first-order valence-corrected chi connectivity index (χ1v) is 8.63. The molecule has 1 N–H and O–H groups in total. The highest BCUT2D eigenvalue weighted by Gasteiger charge is 2.15. The second-order valence-corrected chi connectivity index (χ2v) is 6.52. The van der Waals surface area contributed by atoms with Crippen LogP contribution >= 0.6 is 11.3 Å². The Labute approximate surface area is 148 Å². The maximum atomic E-state index is 12.4. The number of carbonyl (C=O) groups excluding carboxylic acids is 1. The fourth-order valence-electron chi connectivity index (χ4n) is 2.72. The van der Waals surface area contributed by atoms with E-state index in [0.717, 1.165) is 26.9 Å². The Morgan fingerprint density at radius 3 is 2.84 bits per heavy atom. The molecule has 1 amide bonds. The lowest BCUT2D eigenvalue weighted by atomic mass is 10.1. The lowest BCUT2D eigenvalue weighted by Crippen LogP contribution is -2.15. The zero-order valence-electron chi connectivity index (χ0n) is 13.5. The highest BCUT2D eigenvalue weighted by Crippen LogP contribution is 2.36. The molecule has 0 saturated heterocycles. The Bertz CT molecular complexity index is 1040. The number of thiophene rings is 1. The molecule has 0 saturated carbocycles. The first kappa shape index (κ1) is 15.5. The minimum Gasteiger partial charge on any atom is -0.310 e. The third kappa shape index (κ3) is 3.14. The van der Waals surface area contributed by atoms with Gasteiger partial charge in [-0.25, -0.2) is 9.97 Å². The molecule has 0 bridgehead atoms. The molecule has 25 heavy (non-hydrogen) atoms. The first-order valence-electron chi connectivity index (χ1n) is 7.75. The quantitative estimate of drug-likeness (QED) is 0.614. The number of anilines is 1. The predicted octanol–water partition coefficient (Wildman–Crippen LogP) is 3.27. The van der Waals surface area contributed by atoms with Gasteiger partial charge in [-0.2, -0.15) is 5.10 Å². The second-order valence-electron chi connectivity index (χ2n) is 5.67. The molecule has 4 rings (SSSR count). The lowest BCUT2D eigenvalue weighted by molar-refractivity contribution is -0.115. The molecule has 0 radical (unpaired) electrons. The predicted molar refractivity (Wildman–Crippen MR) is 98.4 cm³/mol. The molecule has 0 atom stereocenters. The van der Waals surface area contributed by atoms with Crippen LogP contribution in [0.5, 0.6) is 0 Å². The Balaban J connectivity index is 1.67. The van der Waals surface area contributed by atoms with E-state index in [2.05, 4.69) is 20.4 Å². The van der Waals surface area contributed by atoms with Gasteiger partial charge in [0.25, 0.3) is 0 Å². The van der Waals surface area contributed by atoms with E-state index in [-0.39, 0.29) is 12.3 Å². The molecule has 0 fully saturated rings. The van der Waals surface area contributed by atoms with Gasteiger partial charge in [0.1, 0.15) is 17.0 Å². The summed E-state index contributed by atoms with van der Waals surface area (Å²) < 4.78 is 1.68. The molecule has 4 aromatic rings. The number of benzene rings is 1. The molecule has 124 valence electrons. The van der Waals surface area contributed by atoms with E-state index in [1.54, 1.807) is 22.2 Å². The highest BCUT2D eigenvalue weighted by molar-refractivity contribution is 7.17. The molecule has 0 aliphatic heterocycles. The van der Waals surface area contributed by atoms with Gasteiger partial charge in [0.15, 0.2) is 0 Å². The van der Waals surface area contributed by atoms with Crippen molar-refractivity contribution in [3.8, 4) is 11.1 Å². The number of nitrogens with zero attached hydrogens (tertiary/aromatic N) is 4. The number of hydrogen-bond acceptors (Lipinski definition) is 5.